The predicted octanol–water partition coefficient (Wildman–Crippen LogP) is 1.97. The quantitative estimate of drug-likeness (QED) is 0.720. The average Bonchev–Trinajstić information content (AvgIpc) is 3.23. The number of pyridine rings is 1. The molecule has 0 radical (unpaired) electrons. The van der Waals surface area contributed by atoms with E-state index >= 15 is 0 Å². The van der Waals surface area contributed by atoms with Crippen LogP contribution in [0.2, 0.25) is 0 Å². The van der Waals surface area contributed by atoms with Gasteiger partial charge in [-0.05, 0) is 31.9 Å². The van der Waals surface area contributed by atoms with Gasteiger partial charge in [0.2, 0.25) is 0 Å². The van der Waals surface area contributed by atoms with E-state index in [2.05, 4.69) is 10.1 Å². The lowest BCUT2D eigenvalue weighted by molar-refractivity contribution is 0.0712. The van der Waals surface area contributed by atoms with Gasteiger partial charge in [0.25, 0.3) is 11.5 Å². The van der Waals surface area contributed by atoms with Gasteiger partial charge in [-0.1, -0.05) is 11.2 Å². The van der Waals surface area contributed by atoms with Gasteiger partial charge in [-0.15, -0.1) is 0 Å². The van der Waals surface area contributed by atoms with Gasteiger partial charge in [0.15, 0.2) is 5.76 Å². The molecule has 3 aromatic heterocycles. The van der Waals surface area contributed by atoms with Gasteiger partial charge in [0.05, 0.1) is 11.7 Å². The molecule has 1 atom stereocenters. The topological polar surface area (TPSA) is 80.7 Å². The van der Waals surface area contributed by atoms with Gasteiger partial charge >= 0.3 is 0 Å². The minimum absolute atomic E-state index is 0.0711. The Morgan fingerprint density at radius 3 is 3.04 bits per heavy atom. The molecule has 0 saturated carbocycles. The summed E-state index contributed by atoms with van der Waals surface area (Å²) in [6, 6.07) is 6.91. The number of fused-ring (bicyclic) bond motifs is 1. The van der Waals surface area contributed by atoms with E-state index in [0.717, 1.165) is 18.5 Å². The van der Waals surface area contributed by atoms with E-state index < -0.39 is 0 Å². The van der Waals surface area contributed by atoms with Gasteiger partial charge in [-0.2, -0.15) is 0 Å². The summed E-state index contributed by atoms with van der Waals surface area (Å²) in [7, 11) is 0. The zero-order chi connectivity index (χ0) is 16.7. The van der Waals surface area contributed by atoms with E-state index in [1.807, 2.05) is 13.0 Å². The fourth-order valence-electron chi connectivity index (χ4n) is 3.17. The lowest BCUT2D eigenvalue weighted by Gasteiger charge is -2.22. The van der Waals surface area contributed by atoms with Gasteiger partial charge < -0.3 is 9.42 Å². The Balaban J connectivity index is 1.73. The van der Waals surface area contributed by atoms with Crippen molar-refractivity contribution in [3.63, 3.8) is 0 Å². The molecule has 1 fully saturated rings. The maximum atomic E-state index is 12.9. The summed E-state index contributed by atoms with van der Waals surface area (Å²) in [6.45, 7) is 2.42. The number of carbonyl (C=O) groups excluding carboxylic acids is 1. The van der Waals surface area contributed by atoms with Crippen LogP contribution >= 0.6 is 0 Å². The average molecular weight is 324 g/mol. The van der Waals surface area contributed by atoms with Crippen LogP contribution < -0.4 is 5.56 Å². The first-order chi connectivity index (χ1) is 11.6. The maximum absolute atomic E-state index is 12.9. The van der Waals surface area contributed by atoms with Crippen molar-refractivity contribution in [1.29, 1.82) is 0 Å². The number of aryl methyl sites for hydroxylation is 1. The van der Waals surface area contributed by atoms with E-state index in [1.165, 1.54) is 10.6 Å². The molecule has 1 aliphatic rings. The summed E-state index contributed by atoms with van der Waals surface area (Å²) < 4.78 is 6.71. The Kier molecular flexibility index (Phi) is 3.41. The van der Waals surface area contributed by atoms with Gasteiger partial charge in [0.1, 0.15) is 11.2 Å². The van der Waals surface area contributed by atoms with Crippen molar-refractivity contribution >= 4 is 11.6 Å². The lowest BCUT2D eigenvalue weighted by atomic mass is 10.1. The molecule has 4 heterocycles. The second-order valence-corrected chi connectivity index (χ2v) is 5.93. The molecule has 0 spiro atoms. The van der Waals surface area contributed by atoms with Gasteiger partial charge in [-0.25, -0.2) is 4.98 Å². The number of nitrogens with zero attached hydrogens (tertiary/aromatic N) is 4. The molecule has 0 aliphatic carbocycles. The third-order valence-corrected chi connectivity index (χ3v) is 4.33. The number of rotatable bonds is 2. The van der Waals surface area contributed by atoms with Crippen molar-refractivity contribution in [2.75, 3.05) is 6.54 Å². The minimum Gasteiger partial charge on any atom is -0.359 e. The van der Waals surface area contributed by atoms with Crippen LogP contribution in [0.4, 0.5) is 0 Å². The highest BCUT2D eigenvalue weighted by atomic mass is 16.5. The van der Waals surface area contributed by atoms with Crippen LogP contribution in [0, 0.1) is 6.92 Å². The standard InChI is InChI=1S/C17H16N4O3/c1-11-9-14(24-19-11)13-5-4-8-20(13)16(22)12-10-18-15-6-2-3-7-21(15)17(12)23/h2-3,6-7,9-10,13H,4-5,8H2,1H3. The normalized spacial score (nSPS) is 17.5. The fourth-order valence-corrected chi connectivity index (χ4v) is 3.17. The van der Waals surface area contributed by atoms with Crippen molar-refractivity contribution in [3.05, 3.63) is 64.0 Å². The Labute approximate surface area is 137 Å². The van der Waals surface area contributed by atoms with Crippen molar-refractivity contribution in [2.24, 2.45) is 0 Å². The van der Waals surface area contributed by atoms with Crippen molar-refractivity contribution in [1.82, 2.24) is 19.4 Å². The second kappa shape index (κ2) is 5.59. The molecule has 0 aromatic carbocycles. The summed E-state index contributed by atoms with van der Waals surface area (Å²) in [5, 5.41) is 3.90. The molecular weight excluding hydrogens is 308 g/mol. The third-order valence-electron chi connectivity index (χ3n) is 4.33. The smallest absolute Gasteiger partial charge is 0.270 e. The van der Waals surface area contributed by atoms with E-state index in [1.54, 1.807) is 29.3 Å². The van der Waals surface area contributed by atoms with Crippen LogP contribution in [-0.2, 0) is 0 Å². The van der Waals surface area contributed by atoms with Gasteiger partial charge in [-0.3, -0.25) is 14.0 Å². The molecule has 3 aromatic rings. The number of carbonyl (C=O) groups is 1. The number of hydrogen-bond acceptors (Lipinski definition) is 5. The molecule has 0 bridgehead atoms. The van der Waals surface area contributed by atoms with E-state index in [0.29, 0.717) is 18.0 Å². The lowest BCUT2D eigenvalue weighted by Crippen LogP contribution is -2.35. The Hall–Kier alpha value is -2.96. The van der Waals surface area contributed by atoms with Crippen LogP contribution in [0.1, 0.15) is 40.7 Å². The Bertz CT molecular complexity index is 975. The van der Waals surface area contributed by atoms with Crippen LogP contribution in [0.15, 0.2) is 46.0 Å². The maximum Gasteiger partial charge on any atom is 0.270 e. The van der Waals surface area contributed by atoms with Crippen LogP contribution in [-0.4, -0.2) is 31.9 Å². The largest absolute Gasteiger partial charge is 0.359 e. The first-order valence-corrected chi connectivity index (χ1v) is 7.86. The first-order valence-electron chi connectivity index (χ1n) is 7.86. The second-order valence-electron chi connectivity index (χ2n) is 5.93. The molecule has 1 amide bonds. The molecule has 0 N–H and O–H groups in total. The van der Waals surface area contributed by atoms with Crippen LogP contribution in [0.25, 0.3) is 5.65 Å². The Morgan fingerprint density at radius 2 is 2.25 bits per heavy atom. The number of amides is 1. The van der Waals surface area contributed by atoms with Crippen LogP contribution in [0.3, 0.4) is 0 Å². The predicted molar refractivity (Wildman–Crippen MR) is 85.7 cm³/mol. The van der Waals surface area contributed by atoms with Crippen molar-refractivity contribution < 1.29 is 9.32 Å². The number of likely N-dealkylation sites (tertiary alicyclic amines) is 1. The van der Waals surface area contributed by atoms with Crippen LogP contribution in [0.5, 0.6) is 0 Å². The fraction of sp³-hybridized carbons (Fsp3) is 0.294. The summed E-state index contributed by atoms with van der Waals surface area (Å²) in [4.78, 5) is 31.4. The zero-order valence-corrected chi connectivity index (χ0v) is 13.2. The monoisotopic (exact) mass is 324 g/mol. The summed E-state index contributed by atoms with van der Waals surface area (Å²) in [5.41, 5.74) is 1.01. The molecule has 7 nitrogen and oxygen atoms in total. The number of hydrogen-bond donors (Lipinski definition) is 0. The van der Waals surface area contributed by atoms with E-state index in [9.17, 15) is 9.59 Å². The highest BCUT2D eigenvalue weighted by molar-refractivity contribution is 5.94. The van der Waals surface area contributed by atoms with E-state index in [4.69, 9.17) is 4.52 Å². The summed E-state index contributed by atoms with van der Waals surface area (Å²) >= 11 is 0. The highest BCUT2D eigenvalue weighted by Gasteiger charge is 2.34. The van der Waals surface area contributed by atoms with Crippen molar-refractivity contribution in [2.45, 2.75) is 25.8 Å². The van der Waals surface area contributed by atoms with Gasteiger partial charge in [0, 0.05) is 25.0 Å². The highest BCUT2D eigenvalue weighted by Crippen LogP contribution is 2.33. The molecule has 4 rings (SSSR count). The number of aromatic nitrogens is 3. The van der Waals surface area contributed by atoms with E-state index in [-0.39, 0.29) is 23.1 Å². The molecule has 24 heavy (non-hydrogen) atoms. The van der Waals surface area contributed by atoms with Crippen molar-refractivity contribution in [3.8, 4) is 0 Å². The SMILES string of the molecule is Cc1cc(C2CCCN2C(=O)c2cnc3ccccn3c2=O)on1. The molecule has 1 unspecified atom stereocenters. The summed E-state index contributed by atoms with van der Waals surface area (Å²) in [5.74, 6) is 0.342. The molecular formula is C17H16N4O3. The molecule has 1 aliphatic heterocycles. The Morgan fingerprint density at radius 1 is 1.38 bits per heavy atom. The minimum atomic E-state index is -0.356. The first kappa shape index (κ1) is 14.6. The molecule has 122 valence electrons. The third kappa shape index (κ3) is 2.29. The molecule has 7 heteroatoms. The summed E-state index contributed by atoms with van der Waals surface area (Å²) in [6.07, 6.45) is 4.63. The molecule has 1 saturated heterocycles. The zero-order valence-electron chi connectivity index (χ0n) is 13.2.